The molecule has 0 saturated carbocycles. The van der Waals surface area contributed by atoms with Crippen molar-refractivity contribution in [3.05, 3.63) is 27.4 Å². The van der Waals surface area contributed by atoms with Gasteiger partial charge in [0.05, 0.1) is 5.69 Å². The molecule has 7 nitrogen and oxygen atoms in total. The fourth-order valence-corrected chi connectivity index (χ4v) is 4.46. The van der Waals surface area contributed by atoms with Crippen molar-refractivity contribution in [1.82, 2.24) is 19.8 Å². The zero-order valence-electron chi connectivity index (χ0n) is 16.4. The first-order valence-electron chi connectivity index (χ1n) is 10.3. The number of aromatic nitrogens is 2. The number of carbonyl (C=O) groups excluding carboxylic acids is 1. The van der Waals surface area contributed by atoms with Gasteiger partial charge in [-0.3, -0.25) is 14.5 Å². The number of ether oxygens (including phenoxy) is 1. The van der Waals surface area contributed by atoms with Crippen LogP contribution >= 0.6 is 0 Å². The van der Waals surface area contributed by atoms with Gasteiger partial charge in [-0.15, -0.1) is 0 Å². The molecule has 3 aliphatic rings. The molecule has 0 aromatic carbocycles. The third kappa shape index (κ3) is 3.80. The molecule has 7 heteroatoms. The molecule has 1 N–H and O–H groups in total. The number of aromatic amines is 1. The zero-order valence-corrected chi connectivity index (χ0v) is 16.4. The van der Waals surface area contributed by atoms with Crippen molar-refractivity contribution in [3.63, 3.8) is 0 Å². The number of fused-ring (bicyclic) bond motifs is 1. The van der Waals surface area contributed by atoms with E-state index >= 15 is 0 Å². The summed E-state index contributed by atoms with van der Waals surface area (Å²) in [6, 6.07) is 0.453. The van der Waals surface area contributed by atoms with Crippen LogP contribution in [0.4, 0.5) is 0 Å². The van der Waals surface area contributed by atoms with Crippen molar-refractivity contribution in [2.75, 3.05) is 26.2 Å². The molecular formula is C20H30N4O3. The van der Waals surface area contributed by atoms with Crippen molar-refractivity contribution < 1.29 is 9.53 Å². The van der Waals surface area contributed by atoms with Gasteiger partial charge in [0.1, 0.15) is 11.9 Å². The summed E-state index contributed by atoms with van der Waals surface area (Å²) in [6.07, 6.45) is 4.02. The minimum absolute atomic E-state index is 0.0243. The molecule has 4 heterocycles. The summed E-state index contributed by atoms with van der Waals surface area (Å²) in [5.41, 5.74) is 1.81. The number of nitrogens with one attached hydrogen (secondary N) is 1. The minimum atomic E-state index is -0.245. The van der Waals surface area contributed by atoms with E-state index < -0.39 is 0 Å². The molecule has 2 saturated heterocycles. The maximum Gasteiger partial charge on any atom is 0.254 e. The van der Waals surface area contributed by atoms with E-state index in [2.05, 4.69) is 23.7 Å². The van der Waals surface area contributed by atoms with E-state index in [0.717, 1.165) is 62.3 Å². The summed E-state index contributed by atoms with van der Waals surface area (Å²) in [7, 11) is 0. The highest BCUT2D eigenvalue weighted by Crippen LogP contribution is 2.28. The van der Waals surface area contributed by atoms with Gasteiger partial charge in [-0.2, -0.15) is 0 Å². The average Bonchev–Trinajstić information content (AvgIpc) is 3.22. The number of H-pyrrole nitrogens is 1. The molecule has 0 spiro atoms. The van der Waals surface area contributed by atoms with Crippen molar-refractivity contribution in [2.45, 2.75) is 70.6 Å². The van der Waals surface area contributed by atoms with Crippen LogP contribution in [-0.2, 0) is 22.5 Å². The third-order valence-corrected chi connectivity index (χ3v) is 6.25. The Kier molecular flexibility index (Phi) is 5.32. The first-order chi connectivity index (χ1) is 13.0. The number of piperidine rings is 1. The number of carbonyl (C=O) groups is 1. The van der Waals surface area contributed by atoms with E-state index in [9.17, 15) is 9.59 Å². The number of amides is 1. The Balaban J connectivity index is 1.44. The maximum absolute atomic E-state index is 12.6. The fraction of sp³-hybridized carbons (Fsp3) is 0.750. The molecule has 27 heavy (non-hydrogen) atoms. The largest absolute Gasteiger partial charge is 0.368 e. The lowest BCUT2D eigenvalue weighted by Gasteiger charge is -2.34. The molecule has 0 radical (unpaired) electrons. The van der Waals surface area contributed by atoms with Crippen LogP contribution in [0.5, 0.6) is 0 Å². The molecule has 0 aliphatic carbocycles. The Morgan fingerprint density at radius 3 is 2.67 bits per heavy atom. The summed E-state index contributed by atoms with van der Waals surface area (Å²) in [5, 5.41) is 0. The van der Waals surface area contributed by atoms with E-state index in [0.29, 0.717) is 25.7 Å². The predicted octanol–water partition coefficient (Wildman–Crippen LogP) is 1.42. The molecule has 4 rings (SSSR count). The van der Waals surface area contributed by atoms with Gasteiger partial charge < -0.3 is 14.6 Å². The highest BCUT2D eigenvalue weighted by Gasteiger charge is 2.32. The SMILES string of the molecule is CC(C)N1CCc2c(nc(C3CCN(C(=O)[C@@H]4CCCO4)CC3)[nH]c2=O)C1. The van der Waals surface area contributed by atoms with Crippen LogP contribution < -0.4 is 5.56 Å². The van der Waals surface area contributed by atoms with Crippen LogP contribution in [0.3, 0.4) is 0 Å². The van der Waals surface area contributed by atoms with Gasteiger partial charge in [0, 0.05) is 50.3 Å². The first kappa shape index (κ1) is 18.6. The third-order valence-electron chi connectivity index (χ3n) is 6.25. The first-order valence-corrected chi connectivity index (χ1v) is 10.3. The topological polar surface area (TPSA) is 78.5 Å². The summed E-state index contributed by atoms with van der Waals surface area (Å²) < 4.78 is 5.53. The standard InChI is InChI=1S/C20H30N4O3/c1-13(2)24-10-7-15-16(12-24)21-18(22-19(15)25)14-5-8-23(9-6-14)20(26)17-4-3-11-27-17/h13-14,17H,3-12H2,1-2H3,(H,21,22,25)/t17-/m0/s1. The van der Waals surface area contributed by atoms with Crippen molar-refractivity contribution in [1.29, 1.82) is 0 Å². The smallest absolute Gasteiger partial charge is 0.254 e. The zero-order chi connectivity index (χ0) is 19.0. The highest BCUT2D eigenvalue weighted by atomic mass is 16.5. The second-order valence-electron chi connectivity index (χ2n) is 8.29. The van der Waals surface area contributed by atoms with E-state index in [1.54, 1.807) is 0 Å². The quantitative estimate of drug-likeness (QED) is 0.866. The van der Waals surface area contributed by atoms with Crippen LogP contribution in [0, 0.1) is 0 Å². The van der Waals surface area contributed by atoms with E-state index in [1.165, 1.54) is 0 Å². The molecule has 1 atom stereocenters. The normalized spacial score (nSPS) is 24.4. The van der Waals surface area contributed by atoms with Gasteiger partial charge >= 0.3 is 0 Å². The van der Waals surface area contributed by atoms with Gasteiger partial charge in [-0.05, 0) is 46.0 Å². The van der Waals surface area contributed by atoms with E-state index in [-0.39, 0.29) is 23.5 Å². The lowest BCUT2D eigenvalue weighted by Crippen LogP contribution is -2.44. The summed E-state index contributed by atoms with van der Waals surface area (Å²) >= 11 is 0. The van der Waals surface area contributed by atoms with Gasteiger partial charge in [-0.1, -0.05) is 0 Å². The molecule has 0 bridgehead atoms. The molecule has 3 aliphatic heterocycles. The molecular weight excluding hydrogens is 344 g/mol. The van der Waals surface area contributed by atoms with Gasteiger partial charge in [0.15, 0.2) is 0 Å². The molecule has 0 unspecified atom stereocenters. The average molecular weight is 374 g/mol. The highest BCUT2D eigenvalue weighted by molar-refractivity contribution is 5.81. The van der Waals surface area contributed by atoms with Crippen LogP contribution in [0.15, 0.2) is 4.79 Å². The molecule has 1 aromatic heterocycles. The Labute approximate surface area is 160 Å². The minimum Gasteiger partial charge on any atom is -0.368 e. The second kappa shape index (κ2) is 7.72. The molecule has 1 amide bonds. The lowest BCUT2D eigenvalue weighted by molar-refractivity contribution is -0.142. The monoisotopic (exact) mass is 374 g/mol. The second-order valence-corrected chi connectivity index (χ2v) is 8.29. The van der Waals surface area contributed by atoms with Crippen molar-refractivity contribution >= 4 is 5.91 Å². The summed E-state index contributed by atoms with van der Waals surface area (Å²) in [6.45, 7) is 8.14. The number of rotatable bonds is 3. The predicted molar refractivity (Wildman–Crippen MR) is 102 cm³/mol. The van der Waals surface area contributed by atoms with Crippen molar-refractivity contribution in [2.24, 2.45) is 0 Å². The van der Waals surface area contributed by atoms with E-state index in [4.69, 9.17) is 9.72 Å². The maximum atomic E-state index is 12.6. The van der Waals surface area contributed by atoms with Gasteiger partial charge in [-0.25, -0.2) is 4.98 Å². The number of nitrogens with zero attached hydrogens (tertiary/aromatic N) is 3. The van der Waals surface area contributed by atoms with Crippen LogP contribution in [0.25, 0.3) is 0 Å². The van der Waals surface area contributed by atoms with E-state index in [1.807, 2.05) is 4.90 Å². The molecule has 2 fully saturated rings. The lowest BCUT2D eigenvalue weighted by atomic mass is 9.94. The number of likely N-dealkylation sites (tertiary alicyclic amines) is 1. The van der Waals surface area contributed by atoms with Crippen LogP contribution in [-0.4, -0.2) is 64.1 Å². The summed E-state index contributed by atoms with van der Waals surface area (Å²) in [4.78, 5) is 37.2. The molecule has 1 aromatic rings. The number of hydrogen-bond acceptors (Lipinski definition) is 5. The number of hydrogen-bond donors (Lipinski definition) is 1. The summed E-state index contributed by atoms with van der Waals surface area (Å²) in [5.74, 6) is 1.14. The Bertz CT molecular complexity index is 746. The fourth-order valence-electron chi connectivity index (χ4n) is 4.46. The Hall–Kier alpha value is -1.73. The Morgan fingerprint density at radius 1 is 1.22 bits per heavy atom. The van der Waals surface area contributed by atoms with Crippen LogP contribution in [0.1, 0.15) is 62.5 Å². The molecule has 148 valence electrons. The van der Waals surface area contributed by atoms with Gasteiger partial charge in [0.2, 0.25) is 0 Å². The van der Waals surface area contributed by atoms with Crippen LogP contribution in [0.2, 0.25) is 0 Å². The Morgan fingerprint density at radius 2 is 2.00 bits per heavy atom. The van der Waals surface area contributed by atoms with Gasteiger partial charge in [0.25, 0.3) is 11.5 Å². The van der Waals surface area contributed by atoms with Crippen molar-refractivity contribution in [3.8, 4) is 0 Å².